The lowest BCUT2D eigenvalue weighted by Gasteiger charge is -2.10. The van der Waals surface area contributed by atoms with Crippen molar-refractivity contribution in [3.05, 3.63) is 78.6 Å². The van der Waals surface area contributed by atoms with Gasteiger partial charge in [0.05, 0.1) is 4.90 Å². The number of carbonyl (C=O) groups excluding carboxylic acids is 2. The average Bonchev–Trinajstić information content (AvgIpc) is 2.75. The minimum atomic E-state index is -3.86. The summed E-state index contributed by atoms with van der Waals surface area (Å²) >= 11 is 0. The molecule has 166 valence electrons. The van der Waals surface area contributed by atoms with Crippen molar-refractivity contribution in [3.8, 4) is 5.75 Å². The second-order valence-electron chi connectivity index (χ2n) is 6.68. The zero-order valence-electron chi connectivity index (χ0n) is 17.0. The Morgan fingerprint density at radius 1 is 0.812 bits per heavy atom. The first-order chi connectivity index (χ1) is 15.2. The molecule has 8 nitrogen and oxygen atoms in total. The molecular weight excluding hydrogens is 437 g/mol. The standard InChI is InChI=1S/C22H20FN3O5S/c1-15(27)24-17-6-8-18(9-7-17)25-22(28)14-31-20-10-12-21(13-11-20)32(29,30)26-19-4-2-16(23)3-5-19/h2-13,26H,14H2,1H3,(H,24,27)(H,25,28). The van der Waals surface area contributed by atoms with E-state index in [1.807, 2.05) is 0 Å². The van der Waals surface area contributed by atoms with Gasteiger partial charge in [0.2, 0.25) is 5.91 Å². The summed E-state index contributed by atoms with van der Waals surface area (Å²) in [6, 6.07) is 17.0. The number of sulfonamides is 1. The summed E-state index contributed by atoms with van der Waals surface area (Å²) < 4.78 is 45.5. The number of ether oxygens (including phenoxy) is 1. The molecule has 0 heterocycles. The molecule has 0 unspecified atom stereocenters. The Kier molecular flexibility index (Phi) is 7.06. The van der Waals surface area contributed by atoms with Crippen molar-refractivity contribution in [2.75, 3.05) is 22.0 Å². The van der Waals surface area contributed by atoms with Crippen LogP contribution in [0.5, 0.6) is 5.75 Å². The van der Waals surface area contributed by atoms with E-state index in [-0.39, 0.29) is 23.1 Å². The Labute approximate surface area is 184 Å². The first-order valence-corrected chi connectivity index (χ1v) is 10.9. The van der Waals surface area contributed by atoms with E-state index >= 15 is 0 Å². The fourth-order valence-corrected chi connectivity index (χ4v) is 3.69. The van der Waals surface area contributed by atoms with Crippen molar-refractivity contribution in [1.29, 1.82) is 0 Å². The molecule has 0 aliphatic heterocycles. The van der Waals surface area contributed by atoms with Gasteiger partial charge in [-0.2, -0.15) is 0 Å². The van der Waals surface area contributed by atoms with Gasteiger partial charge in [0.25, 0.3) is 15.9 Å². The van der Waals surface area contributed by atoms with Gasteiger partial charge in [0, 0.05) is 24.0 Å². The van der Waals surface area contributed by atoms with Crippen LogP contribution in [-0.4, -0.2) is 26.8 Å². The van der Waals surface area contributed by atoms with E-state index in [4.69, 9.17) is 4.74 Å². The molecule has 0 aromatic heterocycles. The van der Waals surface area contributed by atoms with Crippen LogP contribution < -0.4 is 20.1 Å². The normalized spacial score (nSPS) is 10.8. The Hall–Kier alpha value is -3.92. The summed E-state index contributed by atoms with van der Waals surface area (Å²) in [5, 5.41) is 5.27. The highest BCUT2D eigenvalue weighted by molar-refractivity contribution is 7.92. The van der Waals surface area contributed by atoms with E-state index in [1.165, 1.54) is 43.3 Å². The lowest BCUT2D eigenvalue weighted by atomic mass is 10.2. The molecule has 0 bridgehead atoms. The molecule has 3 aromatic rings. The van der Waals surface area contributed by atoms with Crippen molar-refractivity contribution in [2.45, 2.75) is 11.8 Å². The SMILES string of the molecule is CC(=O)Nc1ccc(NC(=O)COc2ccc(S(=O)(=O)Nc3ccc(F)cc3)cc2)cc1. The Morgan fingerprint density at radius 2 is 1.34 bits per heavy atom. The Morgan fingerprint density at radius 3 is 1.91 bits per heavy atom. The van der Waals surface area contributed by atoms with Gasteiger partial charge in [0.15, 0.2) is 6.61 Å². The summed E-state index contributed by atoms with van der Waals surface area (Å²) in [5.74, 6) is -0.769. The highest BCUT2D eigenvalue weighted by Gasteiger charge is 2.14. The molecule has 3 N–H and O–H groups in total. The van der Waals surface area contributed by atoms with Crippen molar-refractivity contribution in [2.24, 2.45) is 0 Å². The van der Waals surface area contributed by atoms with E-state index < -0.39 is 21.7 Å². The molecule has 3 aromatic carbocycles. The predicted octanol–water partition coefficient (Wildman–Crippen LogP) is 3.60. The molecule has 0 aliphatic carbocycles. The smallest absolute Gasteiger partial charge is 0.262 e. The molecule has 32 heavy (non-hydrogen) atoms. The van der Waals surface area contributed by atoms with Gasteiger partial charge in [-0.1, -0.05) is 0 Å². The maximum absolute atomic E-state index is 13.0. The third-order valence-electron chi connectivity index (χ3n) is 4.09. The molecule has 0 saturated carbocycles. The predicted molar refractivity (Wildman–Crippen MR) is 119 cm³/mol. The maximum atomic E-state index is 13.0. The molecule has 10 heteroatoms. The van der Waals surface area contributed by atoms with Gasteiger partial charge in [-0.05, 0) is 72.8 Å². The number of nitrogens with one attached hydrogen (secondary N) is 3. The number of carbonyl (C=O) groups is 2. The van der Waals surface area contributed by atoms with Gasteiger partial charge in [-0.25, -0.2) is 12.8 Å². The second kappa shape index (κ2) is 9.92. The summed E-state index contributed by atoms with van der Waals surface area (Å²) in [5.41, 5.74) is 1.37. The first kappa shape index (κ1) is 22.8. The van der Waals surface area contributed by atoms with Crippen LogP contribution >= 0.6 is 0 Å². The molecule has 0 saturated heterocycles. The number of hydrogen-bond acceptors (Lipinski definition) is 5. The summed E-state index contributed by atoms with van der Waals surface area (Å²) in [7, 11) is -3.86. The van der Waals surface area contributed by atoms with E-state index in [2.05, 4.69) is 15.4 Å². The number of halogens is 1. The minimum absolute atomic E-state index is 0.0158. The van der Waals surface area contributed by atoms with Crippen LogP contribution in [0.25, 0.3) is 0 Å². The van der Waals surface area contributed by atoms with Crippen LogP contribution in [0.3, 0.4) is 0 Å². The number of anilines is 3. The lowest BCUT2D eigenvalue weighted by molar-refractivity contribution is -0.118. The highest BCUT2D eigenvalue weighted by atomic mass is 32.2. The van der Waals surface area contributed by atoms with Crippen molar-refractivity contribution in [1.82, 2.24) is 0 Å². The minimum Gasteiger partial charge on any atom is -0.484 e. The fraction of sp³-hybridized carbons (Fsp3) is 0.0909. The van der Waals surface area contributed by atoms with Crippen molar-refractivity contribution in [3.63, 3.8) is 0 Å². The van der Waals surface area contributed by atoms with Crippen LogP contribution in [0, 0.1) is 5.82 Å². The number of rotatable bonds is 8. The van der Waals surface area contributed by atoms with Crippen LogP contribution in [-0.2, 0) is 19.6 Å². The van der Waals surface area contributed by atoms with Gasteiger partial charge in [-0.15, -0.1) is 0 Å². The summed E-state index contributed by atoms with van der Waals surface area (Å²) in [6.45, 7) is 1.12. The molecule has 0 radical (unpaired) electrons. The lowest BCUT2D eigenvalue weighted by Crippen LogP contribution is -2.20. The van der Waals surface area contributed by atoms with Crippen LogP contribution in [0.15, 0.2) is 77.7 Å². The Balaban J connectivity index is 1.53. The number of hydrogen-bond donors (Lipinski definition) is 3. The molecule has 0 atom stereocenters. The summed E-state index contributed by atoms with van der Waals surface area (Å²) in [6.07, 6.45) is 0. The summed E-state index contributed by atoms with van der Waals surface area (Å²) in [4.78, 5) is 23.1. The fourth-order valence-electron chi connectivity index (χ4n) is 2.63. The van der Waals surface area contributed by atoms with Crippen LogP contribution in [0.1, 0.15) is 6.92 Å². The van der Waals surface area contributed by atoms with E-state index in [9.17, 15) is 22.4 Å². The zero-order valence-corrected chi connectivity index (χ0v) is 17.8. The van der Waals surface area contributed by atoms with E-state index in [0.29, 0.717) is 17.1 Å². The highest BCUT2D eigenvalue weighted by Crippen LogP contribution is 2.20. The quantitative estimate of drug-likeness (QED) is 0.478. The number of benzene rings is 3. The zero-order chi connectivity index (χ0) is 23.1. The Bertz CT molecular complexity index is 1200. The van der Waals surface area contributed by atoms with Gasteiger partial charge >= 0.3 is 0 Å². The third kappa shape index (κ3) is 6.54. The van der Waals surface area contributed by atoms with Gasteiger partial charge in [0.1, 0.15) is 11.6 Å². The van der Waals surface area contributed by atoms with Crippen molar-refractivity contribution >= 4 is 38.9 Å². The van der Waals surface area contributed by atoms with Gasteiger partial charge in [-0.3, -0.25) is 14.3 Å². The molecule has 2 amide bonds. The number of amides is 2. The molecule has 0 aliphatic rings. The maximum Gasteiger partial charge on any atom is 0.262 e. The monoisotopic (exact) mass is 457 g/mol. The van der Waals surface area contributed by atoms with Crippen LogP contribution in [0.4, 0.5) is 21.5 Å². The van der Waals surface area contributed by atoms with E-state index in [0.717, 1.165) is 12.1 Å². The molecule has 3 rings (SSSR count). The largest absolute Gasteiger partial charge is 0.484 e. The van der Waals surface area contributed by atoms with Gasteiger partial charge < -0.3 is 15.4 Å². The van der Waals surface area contributed by atoms with Crippen LogP contribution in [0.2, 0.25) is 0 Å². The first-order valence-electron chi connectivity index (χ1n) is 9.40. The average molecular weight is 457 g/mol. The van der Waals surface area contributed by atoms with E-state index in [1.54, 1.807) is 24.3 Å². The van der Waals surface area contributed by atoms with Crippen molar-refractivity contribution < 1.29 is 27.1 Å². The topological polar surface area (TPSA) is 114 Å². The third-order valence-corrected chi connectivity index (χ3v) is 5.49. The second-order valence-corrected chi connectivity index (χ2v) is 8.36. The molecular formula is C22H20FN3O5S. The molecule has 0 spiro atoms. The molecule has 0 fully saturated rings.